The smallest absolute Gasteiger partial charge is 0.256 e. The second-order valence-electron chi connectivity index (χ2n) is 5.41. The Morgan fingerprint density at radius 1 is 1.37 bits per heavy atom. The van der Waals surface area contributed by atoms with Crippen LogP contribution in [-0.2, 0) is 0 Å². The van der Waals surface area contributed by atoms with Crippen molar-refractivity contribution in [3.8, 4) is 0 Å². The van der Waals surface area contributed by atoms with Crippen LogP contribution >= 0.6 is 0 Å². The van der Waals surface area contributed by atoms with Gasteiger partial charge in [-0.05, 0) is 36.9 Å². The molecule has 1 aromatic rings. The molecule has 0 bridgehead atoms. The first-order chi connectivity index (χ1) is 8.97. The molecule has 0 radical (unpaired) electrons. The zero-order chi connectivity index (χ0) is 14.0. The van der Waals surface area contributed by atoms with Gasteiger partial charge in [-0.1, -0.05) is 13.0 Å². The van der Waals surface area contributed by atoms with E-state index in [1.807, 2.05) is 0 Å². The van der Waals surface area contributed by atoms with Gasteiger partial charge in [-0.3, -0.25) is 4.79 Å². The van der Waals surface area contributed by atoms with Gasteiger partial charge >= 0.3 is 0 Å². The molecule has 0 saturated carbocycles. The van der Waals surface area contributed by atoms with E-state index in [1.165, 1.54) is 12.1 Å². The largest absolute Gasteiger partial charge is 0.339 e. The number of halogens is 2. The maximum Gasteiger partial charge on any atom is 0.256 e. The molecule has 1 amide bonds. The number of carbonyl (C=O) groups excluding carboxylic acids is 1. The van der Waals surface area contributed by atoms with Crippen LogP contribution in [0.25, 0.3) is 0 Å². The number of hydrogen-bond acceptors (Lipinski definition) is 2. The van der Waals surface area contributed by atoms with Crippen molar-refractivity contribution in [1.29, 1.82) is 0 Å². The van der Waals surface area contributed by atoms with Crippen LogP contribution in [0, 0.1) is 17.0 Å². The number of rotatable bonds is 2. The summed E-state index contributed by atoms with van der Waals surface area (Å²) < 4.78 is 26.7. The first-order valence-electron chi connectivity index (χ1n) is 6.40. The lowest BCUT2D eigenvalue weighted by Crippen LogP contribution is -2.45. The van der Waals surface area contributed by atoms with Crippen LogP contribution in [0.3, 0.4) is 0 Å². The van der Waals surface area contributed by atoms with Gasteiger partial charge in [0.25, 0.3) is 5.91 Å². The lowest BCUT2D eigenvalue weighted by Gasteiger charge is -2.38. The quantitative estimate of drug-likeness (QED) is 0.893. The van der Waals surface area contributed by atoms with Gasteiger partial charge < -0.3 is 10.6 Å². The third kappa shape index (κ3) is 2.76. The minimum Gasteiger partial charge on any atom is -0.339 e. The van der Waals surface area contributed by atoms with Crippen molar-refractivity contribution in [2.24, 2.45) is 11.1 Å². The summed E-state index contributed by atoms with van der Waals surface area (Å²) in [6.45, 7) is 3.71. The van der Waals surface area contributed by atoms with E-state index in [-0.39, 0.29) is 11.0 Å². The van der Waals surface area contributed by atoms with E-state index in [2.05, 4.69) is 6.92 Å². The average Bonchev–Trinajstić information content (AvgIpc) is 2.42. The molecule has 1 fully saturated rings. The van der Waals surface area contributed by atoms with Crippen molar-refractivity contribution in [3.05, 3.63) is 35.4 Å². The SMILES string of the molecule is CC1(CN)CCN(C(=O)c2cccc(F)c2F)CC1. The van der Waals surface area contributed by atoms with Crippen LogP contribution in [0.2, 0.25) is 0 Å². The van der Waals surface area contributed by atoms with Gasteiger partial charge in [0, 0.05) is 13.1 Å². The van der Waals surface area contributed by atoms with E-state index in [9.17, 15) is 13.6 Å². The summed E-state index contributed by atoms with van der Waals surface area (Å²) in [5, 5.41) is 0. The number of carbonyl (C=O) groups is 1. The molecule has 0 unspecified atom stereocenters. The van der Waals surface area contributed by atoms with Crippen LogP contribution in [0.1, 0.15) is 30.1 Å². The van der Waals surface area contributed by atoms with Crippen LogP contribution in [0.15, 0.2) is 18.2 Å². The molecule has 104 valence electrons. The van der Waals surface area contributed by atoms with Crippen LogP contribution < -0.4 is 5.73 Å². The maximum absolute atomic E-state index is 13.6. The van der Waals surface area contributed by atoms with Crippen molar-refractivity contribution >= 4 is 5.91 Å². The zero-order valence-electron chi connectivity index (χ0n) is 11.0. The Morgan fingerprint density at radius 2 is 2.00 bits per heavy atom. The molecular formula is C14H18F2N2O. The number of nitrogens with two attached hydrogens (primary N) is 1. The molecule has 0 spiro atoms. The van der Waals surface area contributed by atoms with E-state index < -0.39 is 17.5 Å². The average molecular weight is 268 g/mol. The van der Waals surface area contributed by atoms with Crippen molar-refractivity contribution in [2.75, 3.05) is 19.6 Å². The van der Waals surface area contributed by atoms with Crippen LogP contribution in [0.4, 0.5) is 8.78 Å². The summed E-state index contributed by atoms with van der Waals surface area (Å²) in [4.78, 5) is 13.7. The zero-order valence-corrected chi connectivity index (χ0v) is 11.0. The van der Waals surface area contributed by atoms with E-state index in [0.717, 1.165) is 18.9 Å². The van der Waals surface area contributed by atoms with E-state index >= 15 is 0 Å². The number of nitrogens with zero attached hydrogens (tertiary/aromatic N) is 1. The molecule has 2 N–H and O–H groups in total. The van der Waals surface area contributed by atoms with Crippen molar-refractivity contribution in [1.82, 2.24) is 4.90 Å². The fraction of sp³-hybridized carbons (Fsp3) is 0.500. The highest BCUT2D eigenvalue weighted by atomic mass is 19.2. The Labute approximate surface area is 111 Å². The van der Waals surface area contributed by atoms with Gasteiger partial charge in [0.1, 0.15) is 0 Å². The molecule has 0 aromatic heterocycles. The molecule has 3 nitrogen and oxygen atoms in total. The van der Waals surface area contributed by atoms with E-state index in [4.69, 9.17) is 5.73 Å². The number of piperidine rings is 1. The Balaban J connectivity index is 2.12. The lowest BCUT2D eigenvalue weighted by molar-refractivity contribution is 0.0612. The minimum absolute atomic E-state index is 0.0390. The molecule has 0 aliphatic carbocycles. The van der Waals surface area contributed by atoms with Gasteiger partial charge in [0.2, 0.25) is 0 Å². The normalized spacial score (nSPS) is 18.4. The first-order valence-corrected chi connectivity index (χ1v) is 6.40. The predicted octanol–water partition coefficient (Wildman–Crippen LogP) is 2.17. The standard InChI is InChI=1S/C14H18F2N2O/c1-14(9-17)5-7-18(8-6-14)13(19)10-3-2-4-11(15)12(10)16/h2-4H,5-9,17H2,1H3. The Morgan fingerprint density at radius 3 is 2.58 bits per heavy atom. The van der Waals surface area contributed by atoms with Crippen molar-refractivity contribution in [3.63, 3.8) is 0 Å². The first kappa shape index (κ1) is 13.9. The van der Waals surface area contributed by atoms with Crippen molar-refractivity contribution < 1.29 is 13.6 Å². The molecule has 1 saturated heterocycles. The Hall–Kier alpha value is -1.49. The highest BCUT2D eigenvalue weighted by Crippen LogP contribution is 2.30. The van der Waals surface area contributed by atoms with E-state index in [0.29, 0.717) is 19.6 Å². The molecule has 19 heavy (non-hydrogen) atoms. The Kier molecular flexibility index (Phi) is 3.85. The fourth-order valence-electron chi connectivity index (χ4n) is 2.29. The lowest BCUT2D eigenvalue weighted by atomic mass is 9.80. The maximum atomic E-state index is 13.6. The molecular weight excluding hydrogens is 250 g/mol. The molecule has 2 rings (SSSR count). The highest BCUT2D eigenvalue weighted by Gasteiger charge is 2.31. The third-order valence-corrected chi connectivity index (χ3v) is 3.93. The molecule has 1 aliphatic rings. The number of hydrogen-bond donors (Lipinski definition) is 1. The van der Waals surface area contributed by atoms with Gasteiger partial charge in [-0.25, -0.2) is 8.78 Å². The minimum atomic E-state index is -1.07. The fourth-order valence-corrected chi connectivity index (χ4v) is 2.29. The number of likely N-dealkylation sites (tertiary alicyclic amines) is 1. The Bertz CT molecular complexity index is 482. The monoisotopic (exact) mass is 268 g/mol. The van der Waals surface area contributed by atoms with Crippen LogP contribution in [-0.4, -0.2) is 30.4 Å². The van der Waals surface area contributed by atoms with Crippen molar-refractivity contribution in [2.45, 2.75) is 19.8 Å². The summed E-state index contributed by atoms with van der Waals surface area (Å²) in [6.07, 6.45) is 1.57. The number of amides is 1. The summed E-state index contributed by atoms with van der Waals surface area (Å²) >= 11 is 0. The number of benzene rings is 1. The molecule has 5 heteroatoms. The molecule has 1 aliphatic heterocycles. The third-order valence-electron chi connectivity index (χ3n) is 3.93. The second-order valence-corrected chi connectivity index (χ2v) is 5.41. The molecule has 1 heterocycles. The second kappa shape index (κ2) is 5.25. The summed E-state index contributed by atoms with van der Waals surface area (Å²) in [6, 6.07) is 3.67. The summed E-state index contributed by atoms with van der Waals surface area (Å²) in [5.41, 5.74) is 5.54. The molecule has 1 aromatic carbocycles. The highest BCUT2D eigenvalue weighted by molar-refractivity contribution is 5.94. The summed E-state index contributed by atoms with van der Waals surface area (Å²) in [5.74, 6) is -2.51. The predicted molar refractivity (Wildman–Crippen MR) is 68.7 cm³/mol. The van der Waals surface area contributed by atoms with Crippen LogP contribution in [0.5, 0.6) is 0 Å². The summed E-state index contributed by atoms with van der Waals surface area (Å²) in [7, 11) is 0. The molecule has 0 atom stereocenters. The van der Waals surface area contributed by atoms with Gasteiger partial charge in [-0.2, -0.15) is 0 Å². The topological polar surface area (TPSA) is 46.3 Å². The van der Waals surface area contributed by atoms with Gasteiger partial charge in [0.05, 0.1) is 5.56 Å². The van der Waals surface area contributed by atoms with Gasteiger partial charge in [-0.15, -0.1) is 0 Å². The van der Waals surface area contributed by atoms with Gasteiger partial charge in [0.15, 0.2) is 11.6 Å². The van der Waals surface area contributed by atoms with E-state index in [1.54, 1.807) is 4.90 Å².